The molecule has 1 aromatic carbocycles. The maximum absolute atomic E-state index is 6.10. The van der Waals surface area contributed by atoms with Crippen molar-refractivity contribution in [3.8, 4) is 17.1 Å². The van der Waals surface area contributed by atoms with Crippen molar-refractivity contribution >= 4 is 23.2 Å². The first-order valence-corrected chi connectivity index (χ1v) is 7.10. The monoisotopic (exact) mass is 318 g/mol. The summed E-state index contributed by atoms with van der Waals surface area (Å²) in [5, 5.41) is 5.49. The van der Waals surface area contributed by atoms with Crippen molar-refractivity contribution in [1.29, 1.82) is 0 Å². The maximum Gasteiger partial charge on any atom is 0.153 e. The quantitative estimate of drug-likeness (QED) is 0.801. The van der Waals surface area contributed by atoms with Crippen molar-refractivity contribution in [3.05, 3.63) is 64.4 Å². The Hall–Kier alpha value is -1.88. The minimum absolute atomic E-state index is 0.355. The number of benzene rings is 1. The average molecular weight is 319 g/mol. The van der Waals surface area contributed by atoms with E-state index in [4.69, 9.17) is 28.9 Å². The summed E-state index contributed by atoms with van der Waals surface area (Å²) in [5.41, 5.74) is 8.25. The van der Waals surface area contributed by atoms with Gasteiger partial charge in [-0.05, 0) is 30.3 Å². The molecule has 3 rings (SSSR count). The Morgan fingerprint density at radius 1 is 1.05 bits per heavy atom. The Balaban J connectivity index is 2.17. The number of nitrogens with two attached hydrogens (primary N) is 1. The molecule has 106 valence electrons. The highest BCUT2D eigenvalue weighted by atomic mass is 35.5. The second-order valence-corrected chi connectivity index (χ2v) is 5.27. The minimum Gasteiger partial charge on any atom is -0.325 e. The van der Waals surface area contributed by atoms with Crippen LogP contribution in [0.2, 0.25) is 10.0 Å². The molecule has 0 aliphatic heterocycles. The number of hydrogen-bond acceptors (Lipinski definition) is 3. The van der Waals surface area contributed by atoms with Gasteiger partial charge in [0.25, 0.3) is 0 Å². The van der Waals surface area contributed by atoms with Gasteiger partial charge in [0, 0.05) is 18.3 Å². The van der Waals surface area contributed by atoms with Gasteiger partial charge in [0.2, 0.25) is 0 Å². The Morgan fingerprint density at radius 2 is 1.90 bits per heavy atom. The van der Waals surface area contributed by atoms with E-state index in [0.29, 0.717) is 16.6 Å². The van der Waals surface area contributed by atoms with Crippen LogP contribution in [-0.4, -0.2) is 14.8 Å². The molecular weight excluding hydrogens is 307 g/mol. The summed E-state index contributed by atoms with van der Waals surface area (Å²) >= 11 is 12.1. The van der Waals surface area contributed by atoms with Gasteiger partial charge in [-0.15, -0.1) is 0 Å². The summed E-state index contributed by atoms with van der Waals surface area (Å²) in [6, 6.07) is 13.0. The third kappa shape index (κ3) is 2.78. The zero-order chi connectivity index (χ0) is 14.8. The van der Waals surface area contributed by atoms with Crippen LogP contribution in [0.4, 0.5) is 0 Å². The molecule has 2 aromatic heterocycles. The van der Waals surface area contributed by atoms with Crippen LogP contribution < -0.4 is 5.73 Å². The Morgan fingerprint density at radius 3 is 2.57 bits per heavy atom. The first kappa shape index (κ1) is 14.1. The van der Waals surface area contributed by atoms with E-state index in [1.807, 2.05) is 30.3 Å². The van der Waals surface area contributed by atoms with Gasteiger partial charge < -0.3 is 5.73 Å². The van der Waals surface area contributed by atoms with Crippen LogP contribution in [0.3, 0.4) is 0 Å². The Kier molecular flexibility index (Phi) is 3.92. The van der Waals surface area contributed by atoms with E-state index in [1.165, 1.54) is 0 Å². The largest absolute Gasteiger partial charge is 0.325 e. The molecule has 3 aromatic rings. The molecule has 0 unspecified atom stereocenters. The normalized spacial score (nSPS) is 10.8. The van der Waals surface area contributed by atoms with Crippen molar-refractivity contribution in [3.63, 3.8) is 0 Å². The Labute approximate surface area is 132 Å². The van der Waals surface area contributed by atoms with E-state index >= 15 is 0 Å². The highest BCUT2D eigenvalue weighted by molar-refractivity contribution is 6.42. The highest BCUT2D eigenvalue weighted by Gasteiger charge is 2.12. The first-order valence-electron chi connectivity index (χ1n) is 6.35. The third-order valence-electron chi connectivity index (χ3n) is 3.05. The second kappa shape index (κ2) is 5.85. The summed E-state index contributed by atoms with van der Waals surface area (Å²) in [5.74, 6) is 0.721. The second-order valence-electron chi connectivity index (χ2n) is 4.45. The molecule has 0 amide bonds. The number of pyridine rings is 1. The lowest BCUT2D eigenvalue weighted by Gasteiger charge is -2.07. The standard InChI is InChI=1S/C15H12Cl2N4/c16-12-5-4-10(7-13(12)17)14-8-11(9-18)20-21(14)15-3-1-2-6-19-15/h1-8H,9,18H2. The van der Waals surface area contributed by atoms with Crippen molar-refractivity contribution in [2.45, 2.75) is 6.54 Å². The molecule has 0 bridgehead atoms. The van der Waals surface area contributed by atoms with Gasteiger partial charge in [-0.3, -0.25) is 0 Å². The maximum atomic E-state index is 6.10. The number of hydrogen-bond donors (Lipinski definition) is 1. The molecule has 0 aliphatic carbocycles. The molecular formula is C15H12Cl2N4. The van der Waals surface area contributed by atoms with Crippen LogP contribution in [0.15, 0.2) is 48.7 Å². The van der Waals surface area contributed by atoms with Crippen molar-refractivity contribution in [2.75, 3.05) is 0 Å². The van der Waals surface area contributed by atoms with Gasteiger partial charge in [0.15, 0.2) is 5.82 Å². The molecule has 0 aliphatic rings. The van der Waals surface area contributed by atoms with Crippen molar-refractivity contribution in [2.24, 2.45) is 5.73 Å². The van der Waals surface area contributed by atoms with E-state index in [1.54, 1.807) is 23.0 Å². The highest BCUT2D eigenvalue weighted by Crippen LogP contribution is 2.30. The number of nitrogens with zero attached hydrogens (tertiary/aromatic N) is 3. The van der Waals surface area contributed by atoms with Gasteiger partial charge in [-0.2, -0.15) is 5.10 Å². The topological polar surface area (TPSA) is 56.7 Å². The lowest BCUT2D eigenvalue weighted by molar-refractivity contribution is 0.815. The predicted molar refractivity (Wildman–Crippen MR) is 84.7 cm³/mol. The van der Waals surface area contributed by atoms with Crippen LogP contribution in [0.25, 0.3) is 17.1 Å². The lowest BCUT2D eigenvalue weighted by atomic mass is 10.1. The van der Waals surface area contributed by atoms with Gasteiger partial charge in [-0.1, -0.05) is 35.3 Å². The SMILES string of the molecule is NCc1cc(-c2ccc(Cl)c(Cl)c2)n(-c2ccccn2)n1. The Bertz CT molecular complexity index is 769. The number of aromatic nitrogens is 3. The molecule has 6 heteroatoms. The summed E-state index contributed by atoms with van der Waals surface area (Å²) in [6.45, 7) is 0.355. The van der Waals surface area contributed by atoms with Crippen LogP contribution >= 0.6 is 23.2 Å². The van der Waals surface area contributed by atoms with Crippen LogP contribution in [0, 0.1) is 0 Å². The fourth-order valence-corrected chi connectivity index (χ4v) is 2.34. The van der Waals surface area contributed by atoms with E-state index < -0.39 is 0 Å². The van der Waals surface area contributed by atoms with Gasteiger partial charge in [-0.25, -0.2) is 9.67 Å². The lowest BCUT2D eigenvalue weighted by Crippen LogP contribution is -2.03. The number of halogens is 2. The molecule has 0 saturated heterocycles. The fraction of sp³-hybridized carbons (Fsp3) is 0.0667. The minimum atomic E-state index is 0.355. The fourth-order valence-electron chi connectivity index (χ4n) is 2.04. The summed E-state index contributed by atoms with van der Waals surface area (Å²) in [7, 11) is 0. The molecule has 0 radical (unpaired) electrons. The van der Waals surface area contributed by atoms with E-state index in [0.717, 1.165) is 22.8 Å². The smallest absolute Gasteiger partial charge is 0.153 e. The van der Waals surface area contributed by atoms with Crippen LogP contribution in [-0.2, 0) is 6.54 Å². The van der Waals surface area contributed by atoms with Crippen molar-refractivity contribution < 1.29 is 0 Å². The van der Waals surface area contributed by atoms with Crippen LogP contribution in [0.5, 0.6) is 0 Å². The summed E-state index contributed by atoms with van der Waals surface area (Å²) in [6.07, 6.45) is 1.72. The molecule has 0 spiro atoms. The summed E-state index contributed by atoms with van der Waals surface area (Å²) < 4.78 is 1.75. The molecule has 2 N–H and O–H groups in total. The van der Waals surface area contributed by atoms with E-state index in [-0.39, 0.29) is 0 Å². The zero-order valence-electron chi connectivity index (χ0n) is 11.0. The third-order valence-corrected chi connectivity index (χ3v) is 3.79. The molecule has 21 heavy (non-hydrogen) atoms. The number of rotatable bonds is 3. The molecule has 2 heterocycles. The van der Waals surface area contributed by atoms with Gasteiger partial charge in [0.05, 0.1) is 21.4 Å². The zero-order valence-corrected chi connectivity index (χ0v) is 12.5. The predicted octanol–water partition coefficient (Wildman–Crippen LogP) is 3.70. The first-order chi connectivity index (χ1) is 10.2. The van der Waals surface area contributed by atoms with Gasteiger partial charge >= 0.3 is 0 Å². The van der Waals surface area contributed by atoms with E-state index in [2.05, 4.69) is 10.1 Å². The molecule has 4 nitrogen and oxygen atoms in total. The molecule has 0 atom stereocenters. The van der Waals surface area contributed by atoms with Crippen LogP contribution in [0.1, 0.15) is 5.69 Å². The summed E-state index contributed by atoms with van der Waals surface area (Å²) in [4.78, 5) is 4.32. The van der Waals surface area contributed by atoms with E-state index in [9.17, 15) is 0 Å². The average Bonchev–Trinajstić information content (AvgIpc) is 2.95. The molecule has 0 fully saturated rings. The van der Waals surface area contributed by atoms with Crippen molar-refractivity contribution in [1.82, 2.24) is 14.8 Å². The molecule has 0 saturated carbocycles. The van der Waals surface area contributed by atoms with Gasteiger partial charge in [0.1, 0.15) is 0 Å².